The van der Waals surface area contributed by atoms with E-state index in [-0.39, 0.29) is 23.7 Å². The summed E-state index contributed by atoms with van der Waals surface area (Å²) < 4.78 is 5.42. The number of amides is 2. The first kappa shape index (κ1) is 27.0. The summed E-state index contributed by atoms with van der Waals surface area (Å²) in [5.41, 5.74) is 1.53. The van der Waals surface area contributed by atoms with E-state index in [2.05, 4.69) is 0 Å². The molecule has 3 aromatic rings. The summed E-state index contributed by atoms with van der Waals surface area (Å²) in [7, 11) is 0. The highest BCUT2D eigenvalue weighted by Gasteiger charge is 2.24. The van der Waals surface area contributed by atoms with Gasteiger partial charge in [-0.3, -0.25) is 19.7 Å². The van der Waals surface area contributed by atoms with Crippen LogP contribution in [0.3, 0.4) is 0 Å². The van der Waals surface area contributed by atoms with Crippen LogP contribution < -0.4 is 0 Å². The van der Waals surface area contributed by atoms with Crippen LogP contribution in [0, 0.1) is 17.0 Å². The number of nitro benzene ring substituents is 1. The first-order valence-electron chi connectivity index (χ1n) is 11.8. The molecule has 0 unspecified atom stereocenters. The molecule has 0 saturated heterocycles. The molecule has 2 aromatic carbocycles. The molecule has 1 aromatic heterocycles. The first-order valence-corrected chi connectivity index (χ1v) is 12.7. The molecule has 0 radical (unpaired) electrons. The number of hydrogen-bond acceptors (Lipinski definition) is 6. The van der Waals surface area contributed by atoms with Crippen LogP contribution in [-0.2, 0) is 22.6 Å². The Bertz CT molecular complexity index is 1150. The van der Waals surface area contributed by atoms with E-state index < -0.39 is 10.8 Å². The Balaban J connectivity index is 1.83. The zero-order chi connectivity index (χ0) is 25.9. The Labute approximate surface area is 215 Å². The van der Waals surface area contributed by atoms with Gasteiger partial charge in [0, 0.05) is 48.4 Å². The maximum atomic E-state index is 13.5. The molecule has 0 fully saturated rings. The predicted octanol–water partition coefficient (Wildman–Crippen LogP) is 5.06. The van der Waals surface area contributed by atoms with Gasteiger partial charge in [0.1, 0.15) is 6.54 Å². The van der Waals surface area contributed by atoms with Gasteiger partial charge in [-0.25, -0.2) is 0 Å². The number of nitrogens with zero attached hydrogens (tertiary/aromatic N) is 3. The fraction of sp³-hybridized carbons (Fsp3) is 0.333. The van der Waals surface area contributed by atoms with Gasteiger partial charge in [0.25, 0.3) is 11.6 Å². The summed E-state index contributed by atoms with van der Waals surface area (Å²) in [6.07, 6.45) is 0.546. The number of ether oxygens (including phenoxy) is 1. The van der Waals surface area contributed by atoms with Gasteiger partial charge in [-0.2, -0.15) is 0 Å². The maximum absolute atomic E-state index is 13.5. The van der Waals surface area contributed by atoms with Crippen LogP contribution in [-0.4, -0.2) is 52.8 Å². The van der Waals surface area contributed by atoms with Crippen molar-refractivity contribution in [2.75, 3.05) is 26.3 Å². The van der Waals surface area contributed by atoms with Gasteiger partial charge in [0.2, 0.25) is 5.91 Å². The largest absolute Gasteiger partial charge is 0.382 e. The first-order chi connectivity index (χ1) is 17.4. The highest BCUT2D eigenvalue weighted by atomic mass is 32.1. The molecule has 0 aliphatic carbocycles. The van der Waals surface area contributed by atoms with Crippen molar-refractivity contribution in [1.29, 1.82) is 0 Å². The molecule has 0 atom stereocenters. The Morgan fingerprint density at radius 3 is 2.47 bits per heavy atom. The normalized spacial score (nSPS) is 10.7. The van der Waals surface area contributed by atoms with E-state index in [1.807, 2.05) is 54.8 Å². The van der Waals surface area contributed by atoms with E-state index in [4.69, 9.17) is 4.74 Å². The van der Waals surface area contributed by atoms with Crippen molar-refractivity contribution in [3.8, 4) is 0 Å². The van der Waals surface area contributed by atoms with E-state index in [0.717, 1.165) is 10.4 Å². The molecular formula is C27H31N3O5S. The number of nitro groups is 1. The standard InChI is InChI=1S/C27H31N3O5S/c1-3-35-15-8-14-28(27(32)23-13-12-21(2)25(17-23)30(33)34)20-26(31)29(19-24-11-7-16-36-24)18-22-9-5-4-6-10-22/h4-7,9-13,16-17H,3,8,14-15,18-20H2,1-2H3. The highest BCUT2D eigenvalue weighted by molar-refractivity contribution is 7.09. The van der Waals surface area contributed by atoms with Crippen molar-refractivity contribution >= 4 is 28.8 Å². The van der Waals surface area contributed by atoms with Crippen LogP contribution in [0.1, 0.15) is 39.7 Å². The number of carbonyl (C=O) groups is 2. The molecule has 0 bridgehead atoms. The predicted molar refractivity (Wildman–Crippen MR) is 140 cm³/mol. The number of thiophene rings is 1. The number of carbonyl (C=O) groups excluding carboxylic acids is 2. The van der Waals surface area contributed by atoms with E-state index in [1.165, 1.54) is 11.0 Å². The van der Waals surface area contributed by atoms with Crippen molar-refractivity contribution in [2.24, 2.45) is 0 Å². The fourth-order valence-electron chi connectivity index (χ4n) is 3.77. The van der Waals surface area contributed by atoms with Crippen LogP contribution in [0.5, 0.6) is 0 Å². The number of benzene rings is 2. The third-order valence-corrected chi connectivity index (χ3v) is 6.54. The molecule has 0 N–H and O–H groups in total. The molecule has 190 valence electrons. The van der Waals surface area contributed by atoms with Gasteiger partial charge in [-0.1, -0.05) is 42.5 Å². The minimum Gasteiger partial charge on any atom is -0.382 e. The minimum atomic E-state index is -0.501. The molecule has 9 heteroatoms. The molecule has 1 heterocycles. The number of hydrogen-bond donors (Lipinski definition) is 0. The maximum Gasteiger partial charge on any atom is 0.273 e. The lowest BCUT2D eigenvalue weighted by atomic mass is 10.1. The Morgan fingerprint density at radius 1 is 1.03 bits per heavy atom. The summed E-state index contributed by atoms with van der Waals surface area (Å²) in [5, 5.41) is 13.4. The third kappa shape index (κ3) is 7.73. The Morgan fingerprint density at radius 2 is 1.81 bits per heavy atom. The second kappa shape index (κ2) is 13.5. The molecule has 0 aliphatic heterocycles. The lowest BCUT2D eigenvalue weighted by Gasteiger charge is -2.28. The number of aryl methyl sites for hydroxylation is 1. The van der Waals surface area contributed by atoms with Crippen LogP contribution in [0.15, 0.2) is 66.0 Å². The van der Waals surface area contributed by atoms with Gasteiger partial charge in [0.05, 0.1) is 11.5 Å². The highest BCUT2D eigenvalue weighted by Crippen LogP contribution is 2.21. The van der Waals surface area contributed by atoms with Crippen molar-refractivity contribution < 1.29 is 19.2 Å². The van der Waals surface area contributed by atoms with Crippen LogP contribution in [0.2, 0.25) is 0 Å². The molecule has 0 aliphatic rings. The number of rotatable bonds is 13. The SMILES string of the molecule is CCOCCCN(CC(=O)N(Cc1ccccc1)Cc1cccs1)C(=O)c1ccc(C)c([N+](=O)[O-])c1. The lowest BCUT2D eigenvalue weighted by Crippen LogP contribution is -2.43. The molecule has 3 rings (SSSR count). The molecule has 0 saturated carbocycles. The van der Waals surface area contributed by atoms with E-state index >= 15 is 0 Å². The Hall–Kier alpha value is -3.56. The fourth-order valence-corrected chi connectivity index (χ4v) is 4.49. The summed E-state index contributed by atoms with van der Waals surface area (Å²) >= 11 is 1.57. The molecule has 36 heavy (non-hydrogen) atoms. The Kier molecular flexibility index (Phi) is 10.1. The topological polar surface area (TPSA) is 93.0 Å². The van der Waals surface area contributed by atoms with Crippen LogP contribution in [0.4, 0.5) is 5.69 Å². The second-order valence-electron chi connectivity index (χ2n) is 8.35. The van der Waals surface area contributed by atoms with E-state index in [1.54, 1.807) is 35.3 Å². The van der Waals surface area contributed by atoms with Crippen molar-refractivity contribution in [2.45, 2.75) is 33.4 Å². The summed E-state index contributed by atoms with van der Waals surface area (Å²) in [4.78, 5) is 42.1. The van der Waals surface area contributed by atoms with Crippen molar-refractivity contribution in [3.63, 3.8) is 0 Å². The van der Waals surface area contributed by atoms with Gasteiger partial charge < -0.3 is 14.5 Å². The van der Waals surface area contributed by atoms with Crippen LogP contribution in [0.25, 0.3) is 0 Å². The van der Waals surface area contributed by atoms with Crippen molar-refractivity contribution in [1.82, 2.24) is 9.80 Å². The molecular weight excluding hydrogens is 478 g/mol. The minimum absolute atomic E-state index is 0.121. The van der Waals surface area contributed by atoms with Gasteiger partial charge in [0.15, 0.2) is 0 Å². The van der Waals surface area contributed by atoms with Crippen molar-refractivity contribution in [3.05, 3.63) is 97.7 Å². The average molecular weight is 510 g/mol. The lowest BCUT2D eigenvalue weighted by molar-refractivity contribution is -0.385. The van der Waals surface area contributed by atoms with Crippen LogP contribution >= 0.6 is 11.3 Å². The zero-order valence-corrected chi connectivity index (χ0v) is 21.4. The van der Waals surface area contributed by atoms with Gasteiger partial charge in [-0.15, -0.1) is 11.3 Å². The monoisotopic (exact) mass is 509 g/mol. The molecule has 8 nitrogen and oxygen atoms in total. The summed E-state index contributed by atoms with van der Waals surface area (Å²) in [6.45, 7) is 5.53. The third-order valence-electron chi connectivity index (χ3n) is 5.68. The second-order valence-corrected chi connectivity index (χ2v) is 9.38. The average Bonchev–Trinajstić information content (AvgIpc) is 3.39. The van der Waals surface area contributed by atoms with E-state index in [0.29, 0.717) is 44.8 Å². The van der Waals surface area contributed by atoms with E-state index in [9.17, 15) is 19.7 Å². The zero-order valence-electron chi connectivity index (χ0n) is 20.6. The summed E-state index contributed by atoms with van der Waals surface area (Å²) in [5.74, 6) is -0.614. The smallest absolute Gasteiger partial charge is 0.273 e. The van der Waals surface area contributed by atoms with Gasteiger partial charge in [-0.05, 0) is 43.3 Å². The molecule has 0 spiro atoms. The van der Waals surface area contributed by atoms with Gasteiger partial charge >= 0.3 is 0 Å². The molecule has 2 amide bonds. The summed E-state index contributed by atoms with van der Waals surface area (Å²) in [6, 6.07) is 18.0. The quantitative estimate of drug-likeness (QED) is 0.182.